The number of hydrogen-bond donors (Lipinski definition) is 1. The van der Waals surface area contributed by atoms with Crippen molar-refractivity contribution in [3.63, 3.8) is 0 Å². The van der Waals surface area contributed by atoms with Gasteiger partial charge >= 0.3 is 0 Å². The Labute approximate surface area is 416 Å². The van der Waals surface area contributed by atoms with Crippen LogP contribution in [0.5, 0.6) is 5.75 Å². The van der Waals surface area contributed by atoms with Crippen molar-refractivity contribution in [1.29, 1.82) is 0 Å². The van der Waals surface area contributed by atoms with Gasteiger partial charge < -0.3 is 5.11 Å². The summed E-state index contributed by atoms with van der Waals surface area (Å²) < 4.78 is 85.4. The molecule has 1 N–H and O–H groups in total. The Morgan fingerprint density at radius 1 is 0.561 bits per heavy atom. The molecule has 0 atom stereocenters. The van der Waals surface area contributed by atoms with Crippen molar-refractivity contribution in [2.45, 2.75) is 45.7 Å². The summed E-state index contributed by atoms with van der Waals surface area (Å²) in [5.74, 6) is -0.431. The number of benzene rings is 8. The number of rotatable bonds is 9. The van der Waals surface area contributed by atoms with Crippen molar-refractivity contribution >= 4 is 11.0 Å². The van der Waals surface area contributed by atoms with Crippen LogP contribution in [0.4, 0.5) is 0 Å². The van der Waals surface area contributed by atoms with E-state index in [4.69, 9.17) is 22.3 Å². The van der Waals surface area contributed by atoms with E-state index < -0.39 is 31.9 Å². The largest absolute Gasteiger partial charge is 0.507 e. The zero-order chi connectivity index (χ0) is 53.1. The van der Waals surface area contributed by atoms with Gasteiger partial charge in [-0.15, -0.1) is 23.8 Å². The molecule has 0 aliphatic rings. The Balaban J connectivity index is 0.00000706. The summed E-state index contributed by atoms with van der Waals surface area (Å²) in [6.07, 6.45) is 1.64. The zero-order valence-corrected chi connectivity index (χ0v) is 38.4. The molecule has 0 unspecified atom stereocenters. The Hall–Kier alpha value is -7.13. The molecule has 5 heteroatoms. The first-order valence-electron chi connectivity index (χ1n) is 26.5. The van der Waals surface area contributed by atoms with Crippen LogP contribution in [0.3, 0.4) is 0 Å². The van der Waals surface area contributed by atoms with Crippen LogP contribution >= 0.6 is 0 Å². The molecular formula is C61H50N3OPt-. The van der Waals surface area contributed by atoms with Crippen LogP contribution in [-0.4, -0.2) is 19.6 Å². The molecule has 10 aromatic rings. The molecule has 0 fully saturated rings. The van der Waals surface area contributed by atoms with Gasteiger partial charge in [-0.3, -0.25) is 9.55 Å². The fraction of sp³-hybridized carbons (Fsp3) is 0.115. The summed E-state index contributed by atoms with van der Waals surface area (Å²) in [5.41, 5.74) is 9.43. The molecule has 0 aliphatic heterocycles. The van der Waals surface area contributed by atoms with Crippen LogP contribution in [-0.2, 0) is 26.5 Å². The summed E-state index contributed by atoms with van der Waals surface area (Å²) in [4.78, 5) is 10.3. The molecule has 0 bridgehead atoms. The maximum atomic E-state index is 11.6. The zero-order valence-electron chi connectivity index (χ0n) is 46.2. The Bertz CT molecular complexity index is 3680. The number of imidazole rings is 1. The van der Waals surface area contributed by atoms with Gasteiger partial charge in [0.15, 0.2) is 0 Å². The van der Waals surface area contributed by atoms with Crippen molar-refractivity contribution in [3.05, 3.63) is 218 Å². The van der Waals surface area contributed by atoms with Crippen LogP contribution in [0.15, 0.2) is 200 Å². The van der Waals surface area contributed by atoms with Gasteiger partial charge in [0.05, 0.1) is 22.3 Å². The number of pyridine rings is 1. The molecule has 2 aromatic heterocycles. The van der Waals surface area contributed by atoms with Gasteiger partial charge in [0.2, 0.25) is 0 Å². The number of aromatic nitrogens is 3. The molecule has 10 rings (SSSR count). The summed E-state index contributed by atoms with van der Waals surface area (Å²) in [6, 6.07) is 64.5. The van der Waals surface area contributed by atoms with Crippen molar-refractivity contribution in [2.24, 2.45) is 0 Å². The van der Waals surface area contributed by atoms with E-state index in [-0.39, 0.29) is 32.4 Å². The fourth-order valence-corrected chi connectivity index (χ4v) is 8.62. The van der Waals surface area contributed by atoms with Crippen LogP contribution in [0.2, 0.25) is 0 Å². The minimum absolute atomic E-state index is 0. The first-order chi connectivity index (χ1) is 35.7. The van der Waals surface area contributed by atoms with Crippen molar-refractivity contribution in [3.8, 4) is 89.7 Å². The molecule has 2 heterocycles. The second-order valence-electron chi connectivity index (χ2n) is 16.4. The summed E-state index contributed by atoms with van der Waals surface area (Å²) in [5, 5.41) is 11.6. The standard InChI is InChI=1S/C61H50N3O.Pt/c1-40(2)52-38-54(44-22-13-8-14-23-44)57(39-53(52)43-20-11-7-12-21-43)64-56-26-17-25-50(59(56)63-60(64)51-24-15-16-27-58(51)65)47-34-46(41-18-9-6-10-19-41)35-48(36-47)55-37-45(32-33-62-55)42-28-30-49(31-29-42)61(3,4)5;/h6-35,37-40,65H,1-5H3;/q-1;/i3D3,4D3,5D3,40D;. The molecule has 4 nitrogen and oxygen atoms in total. The molecule has 0 aliphatic carbocycles. The third kappa shape index (κ3) is 8.58. The molecule has 0 radical (unpaired) electrons. The minimum Gasteiger partial charge on any atom is -0.507 e. The predicted octanol–water partition coefficient (Wildman–Crippen LogP) is 16.0. The molecule has 326 valence electrons. The maximum Gasteiger partial charge on any atom is 0.148 e. The van der Waals surface area contributed by atoms with Crippen LogP contribution in [0.25, 0.3) is 95.0 Å². The second kappa shape index (κ2) is 18.4. The minimum atomic E-state index is -3.39. The van der Waals surface area contributed by atoms with E-state index in [1.54, 1.807) is 24.4 Å². The first-order valence-corrected chi connectivity index (χ1v) is 21.5. The van der Waals surface area contributed by atoms with E-state index in [1.807, 2.05) is 123 Å². The number of hydrogen-bond acceptors (Lipinski definition) is 3. The van der Waals surface area contributed by atoms with Gasteiger partial charge in [-0.05, 0) is 92.2 Å². The van der Waals surface area contributed by atoms with Gasteiger partial charge in [-0.25, -0.2) is 4.98 Å². The van der Waals surface area contributed by atoms with E-state index in [0.717, 1.165) is 55.7 Å². The topological polar surface area (TPSA) is 50.9 Å². The van der Waals surface area contributed by atoms with Crippen molar-refractivity contribution in [2.75, 3.05) is 0 Å². The molecule has 0 saturated carbocycles. The molecule has 8 aromatic carbocycles. The van der Waals surface area contributed by atoms with Gasteiger partial charge in [0.25, 0.3) is 0 Å². The first kappa shape index (κ1) is 33.4. The molecule has 66 heavy (non-hydrogen) atoms. The number of para-hydroxylation sites is 2. The summed E-state index contributed by atoms with van der Waals surface area (Å²) in [6.45, 7) is -6.36. The normalized spacial score (nSPS) is 14.5. The second-order valence-corrected chi connectivity index (χ2v) is 16.4. The summed E-state index contributed by atoms with van der Waals surface area (Å²) in [7, 11) is 0. The van der Waals surface area contributed by atoms with Gasteiger partial charge in [0, 0.05) is 52.2 Å². The average Bonchev–Trinajstić information content (AvgIpc) is 3.94. The Morgan fingerprint density at radius 3 is 1.83 bits per heavy atom. The smallest absolute Gasteiger partial charge is 0.148 e. The number of phenols is 1. The SMILES string of the molecule is [2H]C(C)(C)c1cc(-c2ccccc2)c(-n2c(-c3ccccc3O)nc3c(-c4[c-]c(-c5cc(-c6ccc(C(C([2H])([2H])[2H])(C([2H])([2H])[2H])C([2H])([2H])[2H])cc6)ccn5)cc(-c5ccccc5)c4)cccc32)cc1-c1ccccc1.[Pt]. The van der Waals surface area contributed by atoms with Gasteiger partial charge in [0.1, 0.15) is 11.6 Å². The third-order valence-corrected chi connectivity index (χ3v) is 11.9. The predicted molar refractivity (Wildman–Crippen MR) is 270 cm³/mol. The quantitative estimate of drug-likeness (QED) is 0.147. The van der Waals surface area contributed by atoms with E-state index in [0.29, 0.717) is 44.9 Å². The van der Waals surface area contributed by atoms with Crippen molar-refractivity contribution < 1.29 is 39.9 Å². The monoisotopic (exact) mass is 1050 g/mol. The maximum absolute atomic E-state index is 11.6. The van der Waals surface area contributed by atoms with E-state index in [1.165, 1.54) is 24.3 Å². The molecule has 0 amide bonds. The molecule has 0 spiro atoms. The Morgan fingerprint density at radius 2 is 1.17 bits per heavy atom. The van der Waals surface area contributed by atoms with E-state index in [2.05, 4.69) is 53.1 Å². The average molecular weight is 1050 g/mol. The van der Waals surface area contributed by atoms with Crippen LogP contribution < -0.4 is 0 Å². The fourth-order valence-electron chi connectivity index (χ4n) is 8.62. The van der Waals surface area contributed by atoms with E-state index in [9.17, 15) is 6.48 Å². The van der Waals surface area contributed by atoms with Crippen LogP contribution in [0.1, 0.15) is 65.1 Å². The molecular weight excluding hydrogens is 986 g/mol. The molecule has 0 saturated heterocycles. The van der Waals surface area contributed by atoms with Gasteiger partial charge in [-0.2, -0.15) is 0 Å². The number of phenolic OH excluding ortho intramolecular Hbond substituents is 1. The van der Waals surface area contributed by atoms with E-state index >= 15 is 0 Å². The van der Waals surface area contributed by atoms with Crippen LogP contribution in [0, 0.1) is 6.07 Å². The number of nitrogens with zero attached hydrogens (tertiary/aromatic N) is 3. The number of aromatic hydroxyl groups is 1. The number of fused-ring (bicyclic) bond motifs is 1. The third-order valence-electron chi connectivity index (χ3n) is 11.9. The summed E-state index contributed by atoms with van der Waals surface area (Å²) >= 11 is 0. The van der Waals surface area contributed by atoms with Crippen molar-refractivity contribution in [1.82, 2.24) is 14.5 Å². The van der Waals surface area contributed by atoms with Gasteiger partial charge in [-0.1, -0.05) is 197 Å². The Kier molecular flexibility index (Phi) is 9.30.